The molecule has 0 bridgehead atoms. The third-order valence-corrected chi connectivity index (χ3v) is 4.89. The Kier molecular flexibility index (Phi) is 3.40. The normalized spacial score (nSPS) is 17.9. The molecule has 0 spiro atoms. The van der Waals surface area contributed by atoms with Gasteiger partial charge in [0.25, 0.3) is 0 Å². The lowest BCUT2D eigenvalue weighted by atomic mass is 10.0. The van der Waals surface area contributed by atoms with E-state index in [-0.39, 0.29) is 11.6 Å². The van der Waals surface area contributed by atoms with Crippen LogP contribution in [0.1, 0.15) is 33.8 Å². The SMILES string of the molecule is CC1c2ccsc2CCN1c1ncc(C(=O)O)cc1Cl. The van der Waals surface area contributed by atoms with Crippen molar-refractivity contribution in [1.82, 2.24) is 4.98 Å². The number of carboxylic acid groups (broad SMARTS) is 1. The minimum atomic E-state index is -1.02. The van der Waals surface area contributed by atoms with Crippen LogP contribution < -0.4 is 4.90 Å². The third kappa shape index (κ3) is 2.17. The fraction of sp³-hybridized carbons (Fsp3) is 0.286. The summed E-state index contributed by atoms with van der Waals surface area (Å²) in [5.74, 6) is -0.362. The lowest BCUT2D eigenvalue weighted by molar-refractivity contribution is 0.0696. The summed E-state index contributed by atoms with van der Waals surface area (Å²) in [5.41, 5.74) is 1.42. The van der Waals surface area contributed by atoms with Gasteiger partial charge in [-0.05, 0) is 36.4 Å². The van der Waals surface area contributed by atoms with E-state index < -0.39 is 5.97 Å². The molecule has 0 amide bonds. The van der Waals surface area contributed by atoms with E-state index in [0.29, 0.717) is 10.8 Å². The summed E-state index contributed by atoms with van der Waals surface area (Å²) < 4.78 is 0. The Labute approximate surface area is 125 Å². The van der Waals surface area contributed by atoms with Crippen molar-refractivity contribution in [2.75, 3.05) is 11.4 Å². The van der Waals surface area contributed by atoms with Gasteiger partial charge in [-0.15, -0.1) is 11.3 Å². The van der Waals surface area contributed by atoms with Crippen LogP contribution in [0, 0.1) is 0 Å². The molecular weight excluding hydrogens is 296 g/mol. The summed E-state index contributed by atoms with van der Waals surface area (Å²) in [4.78, 5) is 18.7. The predicted octanol–water partition coefficient (Wildman–Crippen LogP) is 3.62. The van der Waals surface area contributed by atoms with E-state index in [9.17, 15) is 4.79 Å². The summed E-state index contributed by atoms with van der Waals surface area (Å²) in [5, 5.41) is 11.4. The zero-order valence-corrected chi connectivity index (χ0v) is 12.4. The van der Waals surface area contributed by atoms with Gasteiger partial charge in [-0.2, -0.15) is 0 Å². The number of fused-ring (bicyclic) bond motifs is 1. The monoisotopic (exact) mass is 308 g/mol. The van der Waals surface area contributed by atoms with Crippen molar-refractivity contribution in [3.05, 3.63) is 44.7 Å². The smallest absolute Gasteiger partial charge is 0.337 e. The lowest BCUT2D eigenvalue weighted by Gasteiger charge is -2.35. The first-order chi connectivity index (χ1) is 9.58. The fourth-order valence-electron chi connectivity index (χ4n) is 2.56. The van der Waals surface area contributed by atoms with Crippen molar-refractivity contribution in [2.24, 2.45) is 0 Å². The number of hydrogen-bond acceptors (Lipinski definition) is 4. The van der Waals surface area contributed by atoms with Crippen LogP contribution in [0.3, 0.4) is 0 Å². The molecule has 1 aliphatic rings. The van der Waals surface area contributed by atoms with Gasteiger partial charge in [0, 0.05) is 17.6 Å². The molecule has 4 nitrogen and oxygen atoms in total. The van der Waals surface area contributed by atoms with Crippen LogP contribution in [0.15, 0.2) is 23.7 Å². The highest BCUT2D eigenvalue weighted by Crippen LogP contribution is 2.37. The molecule has 1 aliphatic heterocycles. The molecule has 20 heavy (non-hydrogen) atoms. The van der Waals surface area contributed by atoms with Gasteiger partial charge in [-0.3, -0.25) is 0 Å². The van der Waals surface area contributed by atoms with Crippen LogP contribution in [-0.4, -0.2) is 22.6 Å². The summed E-state index contributed by atoms with van der Waals surface area (Å²) >= 11 is 7.99. The van der Waals surface area contributed by atoms with Crippen molar-refractivity contribution in [3.8, 4) is 0 Å². The lowest BCUT2D eigenvalue weighted by Crippen LogP contribution is -2.34. The number of aromatic nitrogens is 1. The van der Waals surface area contributed by atoms with E-state index in [1.165, 1.54) is 22.7 Å². The molecule has 6 heteroatoms. The number of anilines is 1. The molecule has 3 heterocycles. The first-order valence-corrected chi connectivity index (χ1v) is 7.55. The second-order valence-corrected chi connectivity index (χ2v) is 6.16. The van der Waals surface area contributed by atoms with Crippen LogP contribution >= 0.6 is 22.9 Å². The molecule has 0 saturated heterocycles. The minimum Gasteiger partial charge on any atom is -0.478 e. The molecule has 0 aromatic carbocycles. The number of aromatic carboxylic acids is 1. The molecule has 1 atom stereocenters. The number of carboxylic acids is 1. The van der Waals surface area contributed by atoms with Crippen molar-refractivity contribution in [2.45, 2.75) is 19.4 Å². The fourth-order valence-corrected chi connectivity index (χ4v) is 3.80. The number of rotatable bonds is 2. The van der Waals surface area contributed by atoms with Gasteiger partial charge < -0.3 is 10.0 Å². The van der Waals surface area contributed by atoms with Gasteiger partial charge in [0.05, 0.1) is 16.6 Å². The maximum Gasteiger partial charge on any atom is 0.337 e. The first kappa shape index (κ1) is 13.4. The van der Waals surface area contributed by atoms with Crippen LogP contribution in [-0.2, 0) is 6.42 Å². The zero-order chi connectivity index (χ0) is 14.3. The second-order valence-electron chi connectivity index (χ2n) is 4.75. The maximum atomic E-state index is 10.9. The number of thiophene rings is 1. The maximum absolute atomic E-state index is 10.9. The van der Waals surface area contributed by atoms with E-state index in [2.05, 4.69) is 28.3 Å². The number of hydrogen-bond donors (Lipinski definition) is 1. The number of nitrogens with zero attached hydrogens (tertiary/aromatic N) is 2. The van der Waals surface area contributed by atoms with Gasteiger partial charge >= 0.3 is 5.97 Å². The van der Waals surface area contributed by atoms with Gasteiger partial charge in [0.1, 0.15) is 5.82 Å². The zero-order valence-electron chi connectivity index (χ0n) is 10.8. The first-order valence-electron chi connectivity index (χ1n) is 6.29. The van der Waals surface area contributed by atoms with Crippen molar-refractivity contribution in [1.29, 1.82) is 0 Å². The molecule has 2 aromatic heterocycles. The summed E-state index contributed by atoms with van der Waals surface area (Å²) in [6.07, 6.45) is 2.33. The Morgan fingerprint density at radius 1 is 1.60 bits per heavy atom. The Morgan fingerprint density at radius 3 is 3.10 bits per heavy atom. The third-order valence-electron chi connectivity index (χ3n) is 3.62. The average molecular weight is 309 g/mol. The Morgan fingerprint density at radius 2 is 2.40 bits per heavy atom. The summed E-state index contributed by atoms with van der Waals surface area (Å²) in [6.45, 7) is 2.96. The van der Waals surface area contributed by atoms with Crippen molar-refractivity contribution in [3.63, 3.8) is 0 Å². The molecule has 0 saturated carbocycles. The predicted molar refractivity (Wildman–Crippen MR) is 80.0 cm³/mol. The van der Waals surface area contributed by atoms with Gasteiger partial charge in [-0.25, -0.2) is 9.78 Å². The van der Waals surface area contributed by atoms with Gasteiger partial charge in [0.2, 0.25) is 0 Å². The average Bonchev–Trinajstić information content (AvgIpc) is 2.89. The Bertz CT molecular complexity index is 671. The van der Waals surface area contributed by atoms with E-state index in [1.54, 1.807) is 11.3 Å². The topological polar surface area (TPSA) is 53.4 Å². The largest absolute Gasteiger partial charge is 0.478 e. The molecule has 1 unspecified atom stereocenters. The molecule has 3 rings (SSSR count). The van der Waals surface area contributed by atoms with E-state index in [4.69, 9.17) is 16.7 Å². The highest BCUT2D eigenvalue weighted by atomic mass is 35.5. The van der Waals surface area contributed by atoms with Crippen molar-refractivity contribution >= 4 is 34.7 Å². The molecule has 0 radical (unpaired) electrons. The standard InChI is InChI=1S/C14H13ClN2O2S/c1-8-10-3-5-20-12(10)2-4-17(8)13-11(15)6-9(7-16-13)14(18)19/h3,5-8H,2,4H2,1H3,(H,18,19). The van der Waals surface area contributed by atoms with Crippen LogP contribution in [0.5, 0.6) is 0 Å². The number of pyridine rings is 1. The van der Waals surface area contributed by atoms with E-state index >= 15 is 0 Å². The summed E-state index contributed by atoms with van der Waals surface area (Å²) in [7, 11) is 0. The van der Waals surface area contributed by atoms with Crippen LogP contribution in [0.25, 0.3) is 0 Å². The number of halogens is 1. The molecular formula is C14H13ClN2O2S. The highest BCUT2D eigenvalue weighted by molar-refractivity contribution is 7.10. The van der Waals surface area contributed by atoms with Crippen LogP contribution in [0.4, 0.5) is 5.82 Å². The Hall–Kier alpha value is -1.59. The highest BCUT2D eigenvalue weighted by Gasteiger charge is 2.27. The Balaban J connectivity index is 1.96. The van der Waals surface area contributed by atoms with E-state index in [0.717, 1.165) is 13.0 Å². The molecule has 0 fully saturated rings. The second kappa shape index (κ2) is 5.07. The molecule has 2 aromatic rings. The van der Waals surface area contributed by atoms with Crippen molar-refractivity contribution < 1.29 is 9.90 Å². The minimum absolute atomic E-state index is 0.111. The number of carbonyl (C=O) groups is 1. The molecule has 0 aliphatic carbocycles. The van der Waals surface area contributed by atoms with Gasteiger partial charge in [-0.1, -0.05) is 11.6 Å². The molecule has 104 valence electrons. The summed E-state index contributed by atoms with van der Waals surface area (Å²) in [6, 6.07) is 3.80. The molecule has 1 N–H and O–H groups in total. The van der Waals surface area contributed by atoms with E-state index in [1.807, 2.05) is 0 Å². The van der Waals surface area contributed by atoms with Crippen LogP contribution in [0.2, 0.25) is 5.02 Å². The van der Waals surface area contributed by atoms with Gasteiger partial charge in [0.15, 0.2) is 0 Å². The quantitative estimate of drug-likeness (QED) is 0.920.